The first-order valence-electron chi connectivity index (χ1n) is 37.3. The van der Waals surface area contributed by atoms with E-state index in [2.05, 4.69) is 350 Å². The summed E-state index contributed by atoms with van der Waals surface area (Å²) in [4.78, 5) is 0. The van der Waals surface area contributed by atoms with E-state index in [1.807, 2.05) is 7.11 Å². The van der Waals surface area contributed by atoms with Crippen molar-refractivity contribution in [3.8, 4) is 56.0 Å². The first-order chi connectivity index (χ1) is 46.7. The van der Waals surface area contributed by atoms with Crippen LogP contribution in [0.5, 0.6) is 11.5 Å². The fraction of sp³-hybridized carbons (Fsp3) is 0.429. The molecule has 5 heteroatoms. The zero-order chi connectivity index (χ0) is 74.6. The molecule has 0 bridgehead atoms. The molecule has 8 aromatic carbocycles. The van der Waals surface area contributed by atoms with Crippen LogP contribution in [0.15, 0.2) is 156 Å². The molecule has 12 rings (SSSR count). The molecule has 0 N–H and O–H groups in total. The summed E-state index contributed by atoms with van der Waals surface area (Å²) < 4.78 is 11.9. The summed E-state index contributed by atoms with van der Waals surface area (Å²) in [5.41, 5.74) is 40.5. The van der Waals surface area contributed by atoms with Crippen LogP contribution in [-0.4, -0.2) is 29.7 Å². The maximum absolute atomic E-state index is 6.96. The second kappa shape index (κ2) is 29.4. The van der Waals surface area contributed by atoms with Gasteiger partial charge in [-0.2, -0.15) is 11.1 Å². The van der Waals surface area contributed by atoms with Gasteiger partial charge in [0, 0.05) is 33.3 Å². The van der Waals surface area contributed by atoms with Gasteiger partial charge in [-0.25, -0.2) is 0 Å². The molecule has 0 aliphatic heterocycles. The molecular weight excluding hydrogens is 1300 g/mol. The average molecular weight is 1430 g/mol. The zero-order valence-electron chi connectivity index (χ0n) is 67.6. The molecule has 3 atom stereocenters. The number of allylic oxidation sites excluding steroid dienone is 4. The summed E-state index contributed by atoms with van der Waals surface area (Å²) in [5, 5.41) is 0. The van der Waals surface area contributed by atoms with Crippen molar-refractivity contribution in [2.45, 2.75) is 263 Å². The molecule has 2 nitrogen and oxygen atoms in total. The topological polar surface area (TPSA) is 18.5 Å². The predicted octanol–water partition coefficient (Wildman–Crippen LogP) is 29.4. The van der Waals surface area contributed by atoms with Crippen LogP contribution >= 0.6 is 11.1 Å². The van der Waals surface area contributed by atoms with Crippen molar-refractivity contribution < 1.29 is 9.47 Å². The van der Waals surface area contributed by atoms with Crippen LogP contribution in [0, 0.1) is 13.8 Å². The molecule has 4 aliphatic carbocycles. The molecule has 0 heterocycles. The number of aryl methyl sites for hydroxylation is 1. The highest BCUT2D eigenvalue weighted by Crippen LogP contribution is 2.58. The highest BCUT2D eigenvalue weighted by atomic mass is 35.6. The molecule has 0 aromatic heterocycles. The molecule has 4 aliphatic rings. The Hall–Kier alpha value is -6.96. The lowest BCUT2D eigenvalue weighted by atomic mass is 9.78. The van der Waals surface area contributed by atoms with Gasteiger partial charge in [0.2, 0.25) is 0 Å². The molecule has 3 unspecified atom stereocenters. The minimum atomic E-state index is -2.11. The molecule has 0 radical (unpaired) electrons. The first-order valence-corrected chi connectivity index (χ1v) is 44.5. The molecule has 8 aromatic rings. The van der Waals surface area contributed by atoms with E-state index in [1.165, 1.54) is 150 Å². The number of hydrogen-bond donors (Lipinski definition) is 0. The van der Waals surface area contributed by atoms with Gasteiger partial charge in [-0.05, 0) is 203 Å². The van der Waals surface area contributed by atoms with E-state index < -0.39 is 15.5 Å². The highest BCUT2D eigenvalue weighted by Gasteiger charge is 2.49. The lowest BCUT2D eigenvalue weighted by molar-refractivity contribution is 0.399. The fourth-order valence-corrected chi connectivity index (χ4v) is 25.3. The summed E-state index contributed by atoms with van der Waals surface area (Å²) in [5.74, 6) is 1.99. The summed E-state index contributed by atoms with van der Waals surface area (Å²) in [6.07, 6.45) is 10.7. The van der Waals surface area contributed by atoms with Gasteiger partial charge in [-0.3, -0.25) is 0 Å². The number of halogens is 1. The van der Waals surface area contributed by atoms with Crippen molar-refractivity contribution in [3.63, 3.8) is 0 Å². The molecular formula is C98H129ClO2Si2. The monoisotopic (exact) mass is 1430 g/mol. The summed E-state index contributed by atoms with van der Waals surface area (Å²) >= 11 is 6.96. The summed E-state index contributed by atoms with van der Waals surface area (Å²) in [6, 6.07) is 50.4. The Morgan fingerprint density at radius 1 is 0.388 bits per heavy atom. The summed E-state index contributed by atoms with van der Waals surface area (Å²) in [6.45, 7) is 65.4. The quantitative estimate of drug-likeness (QED) is 0.106. The van der Waals surface area contributed by atoms with Gasteiger partial charge in [0.25, 0.3) is 0 Å². The number of fused-ring (bicyclic) bond motifs is 4. The van der Waals surface area contributed by atoms with Crippen molar-refractivity contribution in [1.82, 2.24) is 0 Å². The Morgan fingerprint density at radius 3 is 1.24 bits per heavy atom. The molecule has 548 valence electrons. The van der Waals surface area contributed by atoms with Crippen LogP contribution in [0.3, 0.4) is 0 Å². The third-order valence-corrected chi connectivity index (χ3v) is 29.6. The van der Waals surface area contributed by atoms with Gasteiger partial charge in [0.05, 0.1) is 22.3 Å². The van der Waals surface area contributed by atoms with E-state index in [0.717, 1.165) is 17.9 Å². The molecule has 103 heavy (non-hydrogen) atoms. The number of rotatable bonds is 9. The minimum Gasteiger partial charge on any atom is -0.496 e. The molecule has 0 fully saturated rings. The van der Waals surface area contributed by atoms with Crippen LogP contribution in [0.25, 0.3) is 68.8 Å². The molecule has 0 spiro atoms. The van der Waals surface area contributed by atoms with E-state index in [-0.39, 0.29) is 47.3 Å². The Bertz CT molecular complexity index is 4560. The average Bonchev–Trinajstić information content (AvgIpc) is 1.57. The van der Waals surface area contributed by atoms with E-state index >= 15 is 0 Å². The van der Waals surface area contributed by atoms with Gasteiger partial charge in [-0.15, -0.1) is 0 Å². The lowest BCUT2D eigenvalue weighted by Crippen LogP contribution is -2.42. The third-order valence-electron chi connectivity index (χ3n) is 22.4. The lowest BCUT2D eigenvalue weighted by Gasteiger charge is -2.40. The van der Waals surface area contributed by atoms with E-state index in [9.17, 15) is 0 Å². The van der Waals surface area contributed by atoms with Crippen LogP contribution in [-0.2, 0) is 38.9 Å². The second-order valence-electron chi connectivity index (χ2n) is 37.6. The van der Waals surface area contributed by atoms with E-state index in [4.69, 9.17) is 20.6 Å². The maximum Gasteiger partial charge on any atom is 0.161 e. The summed E-state index contributed by atoms with van der Waals surface area (Å²) in [7, 11) is -0.369. The molecule has 0 amide bonds. The smallest absolute Gasteiger partial charge is 0.161 e. The van der Waals surface area contributed by atoms with Crippen LogP contribution in [0.4, 0.5) is 0 Å². The molecule has 0 saturated carbocycles. The number of ether oxygens (including phenoxy) is 2. The minimum absolute atomic E-state index is 0. The fourth-order valence-electron chi connectivity index (χ4n) is 17.3. The van der Waals surface area contributed by atoms with Gasteiger partial charge < -0.3 is 9.47 Å². The van der Waals surface area contributed by atoms with Crippen molar-refractivity contribution in [2.75, 3.05) is 14.2 Å². The Kier molecular flexibility index (Phi) is 23.3. The van der Waals surface area contributed by atoms with Gasteiger partial charge in [0.1, 0.15) is 11.5 Å². The highest BCUT2D eigenvalue weighted by molar-refractivity contribution is 7.20. The van der Waals surface area contributed by atoms with Gasteiger partial charge in [-0.1, -0.05) is 340 Å². The van der Waals surface area contributed by atoms with Gasteiger partial charge in [0.15, 0.2) is 7.38 Å². The van der Waals surface area contributed by atoms with Crippen molar-refractivity contribution in [2.24, 2.45) is 0 Å². The zero-order valence-corrected chi connectivity index (χ0v) is 70.4. The van der Waals surface area contributed by atoms with Crippen molar-refractivity contribution in [3.05, 3.63) is 245 Å². The van der Waals surface area contributed by atoms with E-state index in [1.54, 1.807) is 12.7 Å². The number of hydrogen-bond acceptors (Lipinski definition) is 2. The molecule has 0 saturated heterocycles. The number of methoxy groups -OCH3 is 2. The first kappa shape index (κ1) is 81.7. The van der Waals surface area contributed by atoms with E-state index in [0.29, 0.717) is 16.6 Å². The van der Waals surface area contributed by atoms with Crippen LogP contribution in [0.1, 0.15) is 273 Å². The Morgan fingerprint density at radius 2 is 0.796 bits per heavy atom. The standard InChI is InChI=1S/C48H60OSi.C25H32O.C23H29ClSi.2CH4/c1-29-21-22-36(33-25-34(46(4,5)6)27-35(26-33)47(7,8)9)37-24-31(3)45(41(29)37)50(14,15)44-30(2)23-38-39(44)28-40(48(10,11)12)43(49-13)42(38)32-19-17-16-18-20-32;1-16-11-21-20(9-10-23(26-8)22(21)12-16)17-13-18(24(2,3)4)15-19(14-17)25(5,6)7;1-15-13-18-19(22(15)25(6,7)24)14-20(23(3,4)5)16(2)21(18)17-11-9-8-10-12-17;;/h16-28,44-45H,1-15H3;9-10,12-15H,11H2,1-8H3;8-14,22H,1-7H3;2*1H4. The third kappa shape index (κ3) is 16.2. The predicted molar refractivity (Wildman–Crippen MR) is 463 cm³/mol. The van der Waals surface area contributed by atoms with Crippen molar-refractivity contribution in [1.29, 1.82) is 0 Å². The normalized spacial score (nSPS) is 16.4. The van der Waals surface area contributed by atoms with Crippen LogP contribution in [0.2, 0.25) is 26.2 Å². The van der Waals surface area contributed by atoms with Gasteiger partial charge >= 0.3 is 0 Å². The largest absolute Gasteiger partial charge is 0.496 e. The maximum atomic E-state index is 6.96. The second-order valence-corrected chi connectivity index (χ2v) is 49.0. The SMILES string of the molecule is C.C.CC1=Cc2c(cc(C(C)(C)C)c(C)c2-c2ccccc2)C1[Si](C)(C)Cl.COc1c(C(C)(C)C)cc2c(c1-c1ccccc1)C=C(C)C2[Si](C)(C)C1C(C)=Cc2c(-c3cc(C(C)(C)C)cc(C(C)(C)C)c3)ccc(C)c21.COc1ccc(-c2cc(C(C)(C)C)cc(C(C)(C)C)c2)c2c1C=C(C)C2. The number of benzene rings is 8. The van der Waals surface area contributed by atoms with Crippen molar-refractivity contribution >= 4 is 50.8 Å². The Balaban J connectivity index is 0.000000214. The van der Waals surface area contributed by atoms with Crippen LogP contribution < -0.4 is 9.47 Å². The Labute approximate surface area is 633 Å².